The number of allylic oxidation sites excluding steroid dienone is 10. The normalized spacial score (nSPS) is 15.9. The van der Waals surface area contributed by atoms with Crippen molar-refractivity contribution >= 4 is 17.1 Å². The molecule has 2 aromatic rings. The van der Waals surface area contributed by atoms with E-state index in [9.17, 15) is 19.8 Å². The van der Waals surface area contributed by atoms with E-state index in [-0.39, 0.29) is 23.1 Å². The second-order valence-corrected chi connectivity index (χ2v) is 6.51. The predicted molar refractivity (Wildman–Crippen MR) is 108 cm³/mol. The van der Waals surface area contributed by atoms with E-state index in [1.807, 2.05) is 6.07 Å². The van der Waals surface area contributed by atoms with Gasteiger partial charge in [0.1, 0.15) is 11.5 Å². The van der Waals surface area contributed by atoms with E-state index in [1.54, 1.807) is 60.7 Å². The molecule has 0 amide bonds. The topological polar surface area (TPSA) is 74.6 Å². The van der Waals surface area contributed by atoms with Crippen molar-refractivity contribution in [3.63, 3.8) is 0 Å². The molecular formula is C24H16O4. The summed E-state index contributed by atoms with van der Waals surface area (Å²) in [5.41, 5.74) is 4.24. The molecule has 0 unspecified atom stereocenters. The third-order valence-corrected chi connectivity index (χ3v) is 4.65. The average Bonchev–Trinajstić information content (AvgIpc) is 2.70. The Kier molecular flexibility index (Phi) is 4.38. The van der Waals surface area contributed by atoms with Crippen molar-refractivity contribution in [2.24, 2.45) is 0 Å². The van der Waals surface area contributed by atoms with Gasteiger partial charge in [-0.25, -0.2) is 0 Å². The maximum atomic E-state index is 12.3. The quantitative estimate of drug-likeness (QED) is 0.776. The minimum absolute atomic E-state index is 0.107. The smallest absolute Gasteiger partial charge is 0.186 e. The summed E-state index contributed by atoms with van der Waals surface area (Å²) in [7, 11) is 0. The molecule has 2 aromatic carbocycles. The molecule has 0 bridgehead atoms. The highest BCUT2D eigenvalue weighted by atomic mass is 16.3. The fourth-order valence-corrected chi connectivity index (χ4v) is 3.16. The number of hydrogen-bond acceptors (Lipinski definition) is 4. The summed E-state index contributed by atoms with van der Waals surface area (Å²) in [5.74, 6) is 0.0460. The van der Waals surface area contributed by atoms with Crippen LogP contribution >= 0.6 is 0 Å². The zero-order valence-electron chi connectivity index (χ0n) is 14.8. The molecule has 2 N–H and O–H groups in total. The Balaban J connectivity index is 1.78. The standard InChI is InChI=1S/C24H16O4/c25-19-7-1-15(2-8-19)21-13-17(5-11-23(21)27)18-6-12-24(28)22(14-18)16-3-9-20(26)10-4-16/h1-14,25,27H. The summed E-state index contributed by atoms with van der Waals surface area (Å²) in [4.78, 5) is 23.7. The van der Waals surface area contributed by atoms with Gasteiger partial charge in [-0.05, 0) is 70.8 Å². The molecule has 0 radical (unpaired) electrons. The van der Waals surface area contributed by atoms with Crippen LogP contribution in [0.3, 0.4) is 0 Å². The van der Waals surface area contributed by atoms with Crippen molar-refractivity contribution in [3.05, 3.63) is 102 Å². The highest BCUT2D eigenvalue weighted by Crippen LogP contribution is 2.34. The number of ketones is 2. The largest absolute Gasteiger partial charge is 0.508 e. The highest BCUT2D eigenvalue weighted by Gasteiger charge is 2.16. The van der Waals surface area contributed by atoms with Gasteiger partial charge in [-0.1, -0.05) is 36.4 Å². The number of hydrogen-bond donors (Lipinski definition) is 2. The first-order valence-electron chi connectivity index (χ1n) is 8.72. The maximum absolute atomic E-state index is 12.3. The van der Waals surface area contributed by atoms with Crippen molar-refractivity contribution in [2.75, 3.05) is 0 Å². The van der Waals surface area contributed by atoms with Crippen molar-refractivity contribution in [1.82, 2.24) is 0 Å². The van der Waals surface area contributed by atoms with Gasteiger partial charge in [0.25, 0.3) is 0 Å². The molecule has 136 valence electrons. The van der Waals surface area contributed by atoms with Crippen LogP contribution in [-0.4, -0.2) is 21.8 Å². The summed E-state index contributed by atoms with van der Waals surface area (Å²) in [6, 6.07) is 11.8. The van der Waals surface area contributed by atoms with Gasteiger partial charge in [-0.3, -0.25) is 9.59 Å². The zero-order valence-corrected chi connectivity index (χ0v) is 14.8. The second kappa shape index (κ2) is 7.00. The molecule has 2 aliphatic rings. The van der Waals surface area contributed by atoms with Gasteiger partial charge < -0.3 is 10.2 Å². The molecule has 2 aliphatic carbocycles. The Hall–Kier alpha value is -3.92. The average molecular weight is 368 g/mol. The van der Waals surface area contributed by atoms with Crippen molar-refractivity contribution in [1.29, 1.82) is 0 Å². The molecule has 0 aromatic heterocycles. The number of phenolic OH excluding ortho intramolecular Hbond substituents is 2. The van der Waals surface area contributed by atoms with E-state index < -0.39 is 0 Å². The second-order valence-electron chi connectivity index (χ2n) is 6.51. The lowest BCUT2D eigenvalue weighted by atomic mass is 9.90. The molecule has 0 saturated carbocycles. The van der Waals surface area contributed by atoms with E-state index in [0.717, 1.165) is 16.7 Å². The number of carbonyl (C=O) groups is 2. The Morgan fingerprint density at radius 2 is 1.36 bits per heavy atom. The fraction of sp³-hybridized carbons (Fsp3) is 0. The summed E-state index contributed by atoms with van der Waals surface area (Å²) in [6.45, 7) is 0. The summed E-state index contributed by atoms with van der Waals surface area (Å²) < 4.78 is 0. The monoisotopic (exact) mass is 368 g/mol. The molecule has 0 saturated heterocycles. The van der Waals surface area contributed by atoms with Crippen LogP contribution in [0, 0.1) is 0 Å². The first-order chi connectivity index (χ1) is 13.5. The number of carbonyl (C=O) groups excluding carboxylic acids is 2. The lowest BCUT2D eigenvalue weighted by molar-refractivity contribution is -0.111. The van der Waals surface area contributed by atoms with Gasteiger partial charge in [0.2, 0.25) is 0 Å². The fourth-order valence-electron chi connectivity index (χ4n) is 3.16. The lowest BCUT2D eigenvalue weighted by Crippen LogP contribution is -2.05. The minimum Gasteiger partial charge on any atom is -0.508 e. The lowest BCUT2D eigenvalue weighted by Gasteiger charge is -2.14. The van der Waals surface area contributed by atoms with Crippen LogP contribution in [0.15, 0.2) is 96.1 Å². The third kappa shape index (κ3) is 3.35. The minimum atomic E-state index is -0.125. The van der Waals surface area contributed by atoms with Gasteiger partial charge in [-0.2, -0.15) is 0 Å². The molecule has 0 heterocycles. The third-order valence-electron chi connectivity index (χ3n) is 4.65. The number of phenols is 2. The van der Waals surface area contributed by atoms with Crippen molar-refractivity contribution in [3.8, 4) is 22.6 Å². The summed E-state index contributed by atoms with van der Waals surface area (Å²) in [5, 5.41) is 19.7. The highest BCUT2D eigenvalue weighted by molar-refractivity contribution is 6.13. The first-order valence-corrected chi connectivity index (χ1v) is 8.72. The number of aromatic hydroxyl groups is 2. The van der Waals surface area contributed by atoms with Crippen LogP contribution < -0.4 is 0 Å². The Morgan fingerprint density at radius 1 is 0.679 bits per heavy atom. The van der Waals surface area contributed by atoms with Crippen molar-refractivity contribution in [2.45, 2.75) is 0 Å². The zero-order chi connectivity index (χ0) is 19.7. The van der Waals surface area contributed by atoms with Crippen molar-refractivity contribution < 1.29 is 19.8 Å². The number of benzene rings is 2. The Bertz CT molecular complexity index is 1120. The molecule has 0 fully saturated rings. The molecular weight excluding hydrogens is 352 g/mol. The Labute approximate surface area is 161 Å². The van der Waals surface area contributed by atoms with Crippen LogP contribution in [0.2, 0.25) is 0 Å². The van der Waals surface area contributed by atoms with Gasteiger partial charge in [0, 0.05) is 11.1 Å². The molecule has 28 heavy (non-hydrogen) atoms. The summed E-state index contributed by atoms with van der Waals surface area (Å²) in [6.07, 6.45) is 11.2. The van der Waals surface area contributed by atoms with E-state index >= 15 is 0 Å². The van der Waals surface area contributed by atoms with Gasteiger partial charge >= 0.3 is 0 Å². The van der Waals surface area contributed by atoms with Crippen LogP contribution in [0.5, 0.6) is 11.5 Å². The van der Waals surface area contributed by atoms with Crippen LogP contribution in [0.4, 0.5) is 0 Å². The first kappa shape index (κ1) is 17.5. The molecule has 4 heteroatoms. The molecule has 0 aliphatic heterocycles. The van der Waals surface area contributed by atoms with E-state index in [0.29, 0.717) is 16.7 Å². The van der Waals surface area contributed by atoms with Crippen LogP contribution in [-0.2, 0) is 9.59 Å². The molecule has 0 atom stereocenters. The van der Waals surface area contributed by atoms with Gasteiger partial charge in [0.05, 0.1) is 0 Å². The van der Waals surface area contributed by atoms with Crippen LogP contribution in [0.1, 0.15) is 5.56 Å². The predicted octanol–water partition coefficient (Wildman–Crippen LogP) is 4.28. The Morgan fingerprint density at radius 3 is 2.07 bits per heavy atom. The van der Waals surface area contributed by atoms with Gasteiger partial charge in [0.15, 0.2) is 11.6 Å². The molecule has 4 rings (SSSR count). The van der Waals surface area contributed by atoms with E-state index in [4.69, 9.17) is 0 Å². The van der Waals surface area contributed by atoms with E-state index in [2.05, 4.69) is 0 Å². The maximum Gasteiger partial charge on any atom is 0.186 e. The SMILES string of the molecule is O=C1C=CC(=C2C=C(c3ccc(O)c(-c4ccc(O)cc4)c3)C=CC2=O)C=C1. The molecule has 0 spiro atoms. The number of rotatable bonds is 2. The van der Waals surface area contributed by atoms with E-state index in [1.165, 1.54) is 18.2 Å². The van der Waals surface area contributed by atoms with Crippen LogP contribution in [0.25, 0.3) is 16.7 Å². The van der Waals surface area contributed by atoms with Gasteiger partial charge in [-0.15, -0.1) is 0 Å². The summed E-state index contributed by atoms with van der Waals surface area (Å²) >= 11 is 0. The molecule has 4 nitrogen and oxygen atoms in total.